The van der Waals surface area contributed by atoms with Gasteiger partial charge < -0.3 is 14.2 Å². The minimum Gasteiger partial charge on any atom is -0.465 e. The second-order valence-corrected chi connectivity index (χ2v) is 10.3. The van der Waals surface area contributed by atoms with Crippen molar-refractivity contribution in [1.82, 2.24) is 30.0 Å². The molecule has 1 amide bonds. The summed E-state index contributed by atoms with van der Waals surface area (Å²) in [5.41, 5.74) is 0. The van der Waals surface area contributed by atoms with E-state index in [0.29, 0.717) is 50.2 Å². The van der Waals surface area contributed by atoms with Gasteiger partial charge in [0.1, 0.15) is 12.1 Å². The van der Waals surface area contributed by atoms with Crippen LogP contribution in [0.5, 0.6) is 0 Å². The number of thiocarbonyl (C=S) groups is 1. The van der Waals surface area contributed by atoms with Gasteiger partial charge in [0.2, 0.25) is 5.82 Å². The third kappa shape index (κ3) is 6.08. The van der Waals surface area contributed by atoms with Crippen molar-refractivity contribution in [3.05, 3.63) is 5.82 Å². The number of piperidine rings is 1. The molecular formula is C24H36N6O6S. The lowest BCUT2D eigenvalue weighted by molar-refractivity contribution is -0.153. The number of likely N-dealkylation sites (tertiary alicyclic amines) is 2. The summed E-state index contributed by atoms with van der Waals surface area (Å²) in [7, 11) is 1.34. The Balaban J connectivity index is 1.44. The maximum Gasteiger partial charge on any atom is 0.410 e. The number of carbonyl (C=O) groups is 3. The van der Waals surface area contributed by atoms with Crippen LogP contribution in [0.3, 0.4) is 0 Å². The molecule has 2 aliphatic heterocycles. The average molecular weight is 537 g/mol. The molecule has 204 valence electrons. The molecule has 1 saturated carbocycles. The van der Waals surface area contributed by atoms with Crippen molar-refractivity contribution >= 4 is 35.6 Å². The molecular weight excluding hydrogens is 500 g/mol. The quantitative estimate of drug-likeness (QED) is 0.273. The predicted octanol–water partition coefficient (Wildman–Crippen LogP) is 1.64. The highest BCUT2D eigenvalue weighted by Gasteiger charge is 2.46. The Hall–Kier alpha value is -2.67. The SMILES string of the molecule is CCOC(=O)C1CC(n2nnc(C=S)n2)CN1CC1CCC2CN(C(=O)OC)C(C(=O)OCC)CC2C1. The molecule has 1 aromatic rings. The molecule has 3 fully saturated rings. The zero-order valence-electron chi connectivity index (χ0n) is 21.7. The van der Waals surface area contributed by atoms with Crippen LogP contribution in [0, 0.1) is 17.8 Å². The third-order valence-electron chi connectivity index (χ3n) is 7.86. The van der Waals surface area contributed by atoms with Crippen LogP contribution >= 0.6 is 12.2 Å². The van der Waals surface area contributed by atoms with Crippen molar-refractivity contribution in [2.24, 2.45) is 17.8 Å². The lowest BCUT2D eigenvalue weighted by Gasteiger charge is -2.46. The largest absolute Gasteiger partial charge is 0.465 e. The van der Waals surface area contributed by atoms with Gasteiger partial charge in [-0.15, -0.1) is 10.2 Å². The van der Waals surface area contributed by atoms with Gasteiger partial charge in [-0.05, 0) is 68.9 Å². The minimum absolute atomic E-state index is 0.0987. The number of aromatic nitrogens is 4. The lowest BCUT2D eigenvalue weighted by atomic mass is 9.69. The van der Waals surface area contributed by atoms with Crippen molar-refractivity contribution in [2.75, 3.05) is 40.0 Å². The molecule has 12 nitrogen and oxygen atoms in total. The fourth-order valence-electron chi connectivity index (χ4n) is 6.20. The molecule has 6 atom stereocenters. The summed E-state index contributed by atoms with van der Waals surface area (Å²) in [6.45, 7) is 6.00. The van der Waals surface area contributed by atoms with Gasteiger partial charge in [-0.25, -0.2) is 9.59 Å². The Morgan fingerprint density at radius 3 is 2.38 bits per heavy atom. The number of methoxy groups -OCH3 is 1. The normalized spacial score (nSPS) is 29.9. The number of carbonyl (C=O) groups excluding carboxylic acids is 3. The first-order valence-corrected chi connectivity index (χ1v) is 13.5. The highest BCUT2D eigenvalue weighted by molar-refractivity contribution is 7.79. The van der Waals surface area contributed by atoms with E-state index in [9.17, 15) is 14.4 Å². The zero-order valence-corrected chi connectivity index (χ0v) is 22.5. The molecule has 0 radical (unpaired) electrons. The van der Waals surface area contributed by atoms with E-state index < -0.39 is 12.1 Å². The molecule has 0 spiro atoms. The average Bonchev–Trinajstić information content (AvgIpc) is 3.55. The summed E-state index contributed by atoms with van der Waals surface area (Å²) in [4.78, 5) is 43.2. The van der Waals surface area contributed by atoms with Crippen LogP contribution in [0.15, 0.2) is 0 Å². The van der Waals surface area contributed by atoms with Crippen molar-refractivity contribution in [1.29, 1.82) is 0 Å². The van der Waals surface area contributed by atoms with E-state index in [1.165, 1.54) is 17.4 Å². The van der Waals surface area contributed by atoms with E-state index in [4.69, 9.17) is 26.4 Å². The van der Waals surface area contributed by atoms with Gasteiger partial charge >= 0.3 is 18.0 Å². The van der Waals surface area contributed by atoms with Crippen molar-refractivity contribution < 1.29 is 28.6 Å². The second-order valence-electron chi connectivity index (χ2n) is 10.0. The Labute approximate surface area is 221 Å². The molecule has 0 N–H and O–H groups in total. The summed E-state index contributed by atoms with van der Waals surface area (Å²) in [6, 6.07) is -1.11. The molecule has 1 aromatic heterocycles. The van der Waals surface area contributed by atoms with E-state index in [2.05, 4.69) is 20.3 Å². The smallest absolute Gasteiger partial charge is 0.410 e. The number of hydrogen-bond acceptors (Lipinski definition) is 11. The summed E-state index contributed by atoms with van der Waals surface area (Å²) in [6.07, 6.45) is 3.46. The number of fused-ring (bicyclic) bond motifs is 1. The number of amides is 1. The first-order chi connectivity index (χ1) is 17.9. The lowest BCUT2D eigenvalue weighted by Crippen LogP contribution is -2.55. The first-order valence-electron chi connectivity index (χ1n) is 13.0. The van der Waals surface area contributed by atoms with Crippen molar-refractivity contribution in [3.63, 3.8) is 0 Å². The van der Waals surface area contributed by atoms with Crippen LogP contribution in [0.1, 0.15) is 57.8 Å². The molecule has 4 rings (SSSR count). The summed E-state index contributed by atoms with van der Waals surface area (Å²) >= 11 is 4.91. The highest BCUT2D eigenvalue weighted by Crippen LogP contribution is 2.42. The highest BCUT2D eigenvalue weighted by atomic mass is 32.1. The van der Waals surface area contributed by atoms with Crippen LogP contribution in [-0.4, -0.2) is 105 Å². The molecule has 37 heavy (non-hydrogen) atoms. The van der Waals surface area contributed by atoms with Crippen LogP contribution in [0.2, 0.25) is 0 Å². The number of esters is 2. The van der Waals surface area contributed by atoms with Gasteiger partial charge in [-0.3, -0.25) is 14.6 Å². The molecule has 3 heterocycles. The number of ether oxygens (including phenoxy) is 3. The Morgan fingerprint density at radius 2 is 1.73 bits per heavy atom. The molecule has 6 unspecified atom stereocenters. The maximum atomic E-state index is 12.8. The molecule has 2 saturated heterocycles. The fourth-order valence-corrected chi connectivity index (χ4v) is 6.29. The topological polar surface area (TPSA) is 129 Å². The van der Waals surface area contributed by atoms with Gasteiger partial charge in [-0.2, -0.15) is 4.80 Å². The van der Waals surface area contributed by atoms with Gasteiger partial charge in [0.05, 0.1) is 26.4 Å². The standard InChI is InChI=1S/C24H36N6O6S/c1-4-35-22(31)19-10-18(30-26-21(14-37)25-27-30)13-28(19)11-15-6-7-16-12-29(24(33)34-3)20(9-17(16)8-15)23(32)36-5-2/h14-20H,4-13H2,1-3H3. The number of hydrogen-bond donors (Lipinski definition) is 0. The number of rotatable bonds is 8. The van der Waals surface area contributed by atoms with Gasteiger partial charge in [0, 0.05) is 25.0 Å². The second kappa shape index (κ2) is 12.2. The van der Waals surface area contributed by atoms with Crippen LogP contribution in [0.4, 0.5) is 4.79 Å². The van der Waals surface area contributed by atoms with E-state index >= 15 is 0 Å². The minimum atomic E-state index is -0.635. The Morgan fingerprint density at radius 1 is 1.00 bits per heavy atom. The number of nitrogens with zero attached hydrogens (tertiary/aromatic N) is 6. The van der Waals surface area contributed by atoms with E-state index in [0.717, 1.165) is 25.8 Å². The maximum absolute atomic E-state index is 12.8. The van der Waals surface area contributed by atoms with Gasteiger partial charge in [0.15, 0.2) is 0 Å². The molecule has 3 aliphatic rings. The fraction of sp³-hybridized carbons (Fsp3) is 0.792. The van der Waals surface area contributed by atoms with Crippen LogP contribution in [0.25, 0.3) is 0 Å². The summed E-state index contributed by atoms with van der Waals surface area (Å²) < 4.78 is 15.6. The third-order valence-corrected chi connectivity index (χ3v) is 8.07. The predicted molar refractivity (Wildman–Crippen MR) is 135 cm³/mol. The van der Waals surface area contributed by atoms with Crippen LogP contribution in [-0.2, 0) is 23.8 Å². The number of tetrazole rings is 1. The van der Waals surface area contributed by atoms with Crippen molar-refractivity contribution in [2.45, 2.75) is 64.1 Å². The van der Waals surface area contributed by atoms with Crippen LogP contribution < -0.4 is 0 Å². The molecule has 13 heteroatoms. The van der Waals surface area contributed by atoms with Gasteiger partial charge in [-0.1, -0.05) is 12.2 Å². The Bertz CT molecular complexity index is 991. The molecule has 0 aromatic carbocycles. The summed E-state index contributed by atoms with van der Waals surface area (Å²) in [5, 5.41) is 13.8. The van der Waals surface area contributed by atoms with E-state index in [-0.39, 0.29) is 36.5 Å². The molecule has 1 aliphatic carbocycles. The van der Waals surface area contributed by atoms with E-state index in [1.807, 2.05) is 0 Å². The monoisotopic (exact) mass is 536 g/mol. The van der Waals surface area contributed by atoms with E-state index in [1.54, 1.807) is 18.6 Å². The van der Waals surface area contributed by atoms with Crippen molar-refractivity contribution in [3.8, 4) is 0 Å². The first kappa shape index (κ1) is 27.4. The zero-order chi connectivity index (χ0) is 26.5. The summed E-state index contributed by atoms with van der Waals surface area (Å²) in [5.74, 6) is 0.715. The molecule has 0 bridgehead atoms. The van der Waals surface area contributed by atoms with Gasteiger partial charge in [0.25, 0.3) is 0 Å². The Kier molecular flexibility index (Phi) is 9.06.